The van der Waals surface area contributed by atoms with Crippen molar-refractivity contribution in [3.63, 3.8) is 0 Å². The van der Waals surface area contributed by atoms with Crippen LogP contribution in [0.2, 0.25) is 0 Å². The van der Waals surface area contributed by atoms with Crippen LogP contribution < -0.4 is 4.74 Å². The first-order valence-corrected chi connectivity index (χ1v) is 8.90. The molecule has 0 aromatic heterocycles. The molecule has 0 bridgehead atoms. The molecule has 2 atom stereocenters. The zero-order chi connectivity index (χ0) is 19.4. The van der Waals surface area contributed by atoms with E-state index in [1.807, 2.05) is 13.8 Å². The summed E-state index contributed by atoms with van der Waals surface area (Å²) in [6, 6.07) is 0. The predicted molar refractivity (Wildman–Crippen MR) is 99.1 cm³/mol. The molecule has 0 spiro atoms. The number of phenolic OH excluding ortho intramolecular Hbond substituents is 2. The third kappa shape index (κ3) is 2.45. The third-order valence-electron chi connectivity index (χ3n) is 5.92. The van der Waals surface area contributed by atoms with E-state index in [0.29, 0.717) is 5.56 Å². The molecule has 26 heavy (non-hydrogen) atoms. The molecule has 0 saturated carbocycles. The van der Waals surface area contributed by atoms with E-state index < -0.39 is 11.5 Å². The molecule has 0 radical (unpaired) electrons. The van der Waals surface area contributed by atoms with Crippen LogP contribution in [0.25, 0.3) is 0 Å². The molecule has 3 N–H and O–H groups in total. The van der Waals surface area contributed by atoms with Crippen molar-refractivity contribution >= 4 is 5.78 Å². The Hall–Kier alpha value is -2.27. The Balaban J connectivity index is 2.38. The molecule has 2 aliphatic carbocycles. The van der Waals surface area contributed by atoms with Crippen LogP contribution in [-0.4, -0.2) is 34.3 Å². The number of hydrogen-bond acceptors (Lipinski definition) is 5. The summed E-state index contributed by atoms with van der Waals surface area (Å²) < 4.78 is 5.51. The number of phenols is 2. The Bertz CT molecular complexity index is 860. The van der Waals surface area contributed by atoms with E-state index in [2.05, 4.69) is 6.92 Å². The molecule has 5 heteroatoms. The lowest BCUT2D eigenvalue weighted by molar-refractivity contribution is 0.103. The molecule has 1 aromatic rings. The molecule has 5 nitrogen and oxygen atoms in total. The second-order valence-electron chi connectivity index (χ2n) is 7.67. The average molecular weight is 358 g/mol. The van der Waals surface area contributed by atoms with Gasteiger partial charge in [-0.05, 0) is 50.8 Å². The maximum absolute atomic E-state index is 12.9. The Labute approximate surface area is 153 Å². The van der Waals surface area contributed by atoms with E-state index in [-0.39, 0.29) is 40.6 Å². The Morgan fingerprint density at radius 1 is 1.27 bits per heavy atom. The molecule has 0 saturated heterocycles. The molecule has 3 rings (SSSR count). The summed E-state index contributed by atoms with van der Waals surface area (Å²) in [7, 11) is 1.45. The number of fused-ring (bicyclic) bond motifs is 3. The third-order valence-corrected chi connectivity index (χ3v) is 5.92. The van der Waals surface area contributed by atoms with Gasteiger partial charge in [0.15, 0.2) is 17.3 Å². The van der Waals surface area contributed by atoms with Crippen molar-refractivity contribution in [1.29, 1.82) is 0 Å². The minimum Gasteiger partial charge on any atom is -0.507 e. The van der Waals surface area contributed by atoms with Gasteiger partial charge in [0.05, 0.1) is 18.8 Å². The first kappa shape index (κ1) is 18.5. The molecule has 0 amide bonds. The number of allylic oxidation sites excluding steroid dienone is 4. The van der Waals surface area contributed by atoms with E-state index in [9.17, 15) is 20.1 Å². The van der Waals surface area contributed by atoms with Crippen LogP contribution in [0.1, 0.15) is 62.0 Å². The molecule has 140 valence electrons. The number of rotatable bonds is 3. The second-order valence-corrected chi connectivity index (χ2v) is 7.67. The lowest BCUT2D eigenvalue weighted by Gasteiger charge is -2.42. The van der Waals surface area contributed by atoms with Crippen molar-refractivity contribution in [2.75, 3.05) is 7.11 Å². The number of benzene rings is 1. The minimum atomic E-state index is -0.780. The van der Waals surface area contributed by atoms with Crippen molar-refractivity contribution in [3.05, 3.63) is 39.5 Å². The number of aliphatic hydroxyl groups excluding tert-OH is 1. The number of ketones is 1. The van der Waals surface area contributed by atoms with Gasteiger partial charge in [0, 0.05) is 23.0 Å². The fourth-order valence-corrected chi connectivity index (χ4v) is 4.34. The highest BCUT2D eigenvalue weighted by Gasteiger charge is 2.46. The van der Waals surface area contributed by atoms with Gasteiger partial charge in [0.2, 0.25) is 0 Å². The molecule has 0 fully saturated rings. The summed E-state index contributed by atoms with van der Waals surface area (Å²) in [6.07, 6.45) is 2.47. The number of aromatic hydroxyl groups is 2. The minimum absolute atomic E-state index is 0.0277. The monoisotopic (exact) mass is 358 g/mol. The van der Waals surface area contributed by atoms with E-state index in [0.717, 1.165) is 24.0 Å². The summed E-state index contributed by atoms with van der Waals surface area (Å²) in [5.41, 5.74) is 3.56. The molecular weight excluding hydrogens is 332 g/mol. The number of hydrogen-bond donors (Lipinski definition) is 3. The topological polar surface area (TPSA) is 87.0 Å². The quantitative estimate of drug-likeness (QED) is 0.769. The van der Waals surface area contributed by atoms with Crippen LogP contribution in [0.4, 0.5) is 0 Å². The zero-order valence-electron chi connectivity index (χ0n) is 15.9. The molecule has 1 aromatic carbocycles. The summed E-state index contributed by atoms with van der Waals surface area (Å²) in [5, 5.41) is 31.3. The van der Waals surface area contributed by atoms with Gasteiger partial charge < -0.3 is 20.1 Å². The van der Waals surface area contributed by atoms with Gasteiger partial charge in [0.25, 0.3) is 0 Å². The predicted octanol–water partition coefficient (Wildman–Crippen LogP) is 3.54. The SMILES string of the molecule is COc1c(O)c(C[C@H](C)O)c(O)c2c1[C@@]1(C)CCC(C)=C(C)C1=CC2=O. The first-order chi connectivity index (χ1) is 12.1. The van der Waals surface area contributed by atoms with Crippen molar-refractivity contribution in [3.8, 4) is 17.2 Å². The van der Waals surface area contributed by atoms with Gasteiger partial charge in [0.1, 0.15) is 5.75 Å². The van der Waals surface area contributed by atoms with Crippen molar-refractivity contribution < 1.29 is 24.9 Å². The van der Waals surface area contributed by atoms with Crippen molar-refractivity contribution in [2.45, 2.75) is 58.5 Å². The van der Waals surface area contributed by atoms with Gasteiger partial charge in [-0.25, -0.2) is 0 Å². The van der Waals surface area contributed by atoms with Crippen LogP contribution in [0.3, 0.4) is 0 Å². The van der Waals surface area contributed by atoms with Crippen LogP contribution in [0.15, 0.2) is 22.8 Å². The van der Waals surface area contributed by atoms with Gasteiger partial charge in [-0.15, -0.1) is 0 Å². The van der Waals surface area contributed by atoms with Gasteiger partial charge >= 0.3 is 0 Å². The van der Waals surface area contributed by atoms with Crippen molar-refractivity contribution in [1.82, 2.24) is 0 Å². The molecule has 0 heterocycles. The second kappa shape index (κ2) is 6.16. The van der Waals surface area contributed by atoms with Crippen LogP contribution in [-0.2, 0) is 11.8 Å². The highest BCUT2D eigenvalue weighted by molar-refractivity contribution is 6.12. The van der Waals surface area contributed by atoms with Gasteiger partial charge in [-0.1, -0.05) is 12.5 Å². The smallest absolute Gasteiger partial charge is 0.190 e. The zero-order valence-corrected chi connectivity index (χ0v) is 15.9. The lowest BCUT2D eigenvalue weighted by atomic mass is 9.61. The number of ether oxygens (including phenoxy) is 1. The van der Waals surface area contributed by atoms with E-state index >= 15 is 0 Å². The van der Waals surface area contributed by atoms with E-state index in [1.54, 1.807) is 13.0 Å². The van der Waals surface area contributed by atoms with Crippen LogP contribution >= 0.6 is 0 Å². The molecule has 0 unspecified atom stereocenters. The highest BCUT2D eigenvalue weighted by Crippen LogP contribution is 2.57. The van der Waals surface area contributed by atoms with E-state index in [1.165, 1.54) is 12.7 Å². The number of carbonyl (C=O) groups excluding carboxylic acids is 1. The van der Waals surface area contributed by atoms with Crippen LogP contribution in [0.5, 0.6) is 17.2 Å². The van der Waals surface area contributed by atoms with Crippen molar-refractivity contribution in [2.24, 2.45) is 0 Å². The average Bonchev–Trinajstić information content (AvgIpc) is 2.57. The summed E-state index contributed by atoms with van der Waals surface area (Å²) >= 11 is 0. The van der Waals surface area contributed by atoms with E-state index in [4.69, 9.17) is 4.74 Å². The highest BCUT2D eigenvalue weighted by atomic mass is 16.5. The standard InChI is InChI=1S/C21H26O5/c1-10-6-7-21(4)14(12(10)3)9-15(23)16-17(21)20(26-5)19(25)13(18(16)24)8-11(2)22/h9,11,22,24-25H,6-8H2,1-5H3/t11-,21-/m0/s1. The molecular formula is C21H26O5. The lowest BCUT2D eigenvalue weighted by Crippen LogP contribution is -2.35. The van der Waals surface area contributed by atoms with Crippen LogP contribution in [0, 0.1) is 0 Å². The Morgan fingerprint density at radius 2 is 1.92 bits per heavy atom. The van der Waals surface area contributed by atoms with Gasteiger partial charge in [-0.3, -0.25) is 4.79 Å². The maximum atomic E-state index is 12.9. The summed E-state index contributed by atoms with van der Waals surface area (Å²) in [6.45, 7) is 7.65. The molecule has 2 aliphatic rings. The number of carbonyl (C=O) groups is 1. The normalized spacial score (nSPS) is 23.3. The van der Waals surface area contributed by atoms with Gasteiger partial charge in [-0.2, -0.15) is 0 Å². The fraction of sp³-hybridized carbons (Fsp3) is 0.476. The Kier molecular flexibility index (Phi) is 4.39. The number of methoxy groups -OCH3 is 1. The first-order valence-electron chi connectivity index (χ1n) is 8.90. The fourth-order valence-electron chi connectivity index (χ4n) is 4.34. The summed E-state index contributed by atoms with van der Waals surface area (Å²) in [5.74, 6) is -0.556. The maximum Gasteiger partial charge on any atom is 0.190 e. The largest absolute Gasteiger partial charge is 0.507 e. The number of aliphatic hydroxyl groups is 1. The molecule has 0 aliphatic heterocycles. The Morgan fingerprint density at radius 3 is 2.50 bits per heavy atom. The summed E-state index contributed by atoms with van der Waals surface area (Å²) in [4.78, 5) is 12.9.